The molecule has 154 valence electrons. The minimum absolute atomic E-state index is 0.0316. The van der Waals surface area contributed by atoms with Gasteiger partial charge < -0.3 is 9.64 Å². The van der Waals surface area contributed by atoms with Crippen molar-refractivity contribution < 1.29 is 4.74 Å². The molecule has 0 N–H and O–H groups in total. The zero-order chi connectivity index (χ0) is 20.9. The zero-order valence-electron chi connectivity index (χ0n) is 17.1. The monoisotopic (exact) mass is 403 g/mol. The Morgan fingerprint density at radius 3 is 2.57 bits per heavy atom. The van der Waals surface area contributed by atoms with Gasteiger partial charge in [0.1, 0.15) is 0 Å². The van der Waals surface area contributed by atoms with Crippen molar-refractivity contribution in [3.63, 3.8) is 0 Å². The third-order valence-electron chi connectivity index (χ3n) is 5.57. The molecule has 1 saturated heterocycles. The average molecular weight is 403 g/mol. The van der Waals surface area contributed by atoms with E-state index >= 15 is 0 Å². The fraction of sp³-hybridized carbons (Fsp3) is 0.348. The van der Waals surface area contributed by atoms with Crippen LogP contribution in [0.25, 0.3) is 10.9 Å². The summed E-state index contributed by atoms with van der Waals surface area (Å²) >= 11 is 0. The first-order chi connectivity index (χ1) is 14.7. The lowest BCUT2D eigenvalue weighted by atomic mass is 10.1. The first-order valence-corrected chi connectivity index (χ1v) is 10.1. The van der Waals surface area contributed by atoms with E-state index in [0.717, 1.165) is 43.9 Å². The summed E-state index contributed by atoms with van der Waals surface area (Å²) < 4.78 is 6.65. The van der Waals surface area contributed by atoms with Crippen molar-refractivity contribution in [3.8, 4) is 6.07 Å². The Hall–Kier alpha value is -3.21. The van der Waals surface area contributed by atoms with E-state index in [1.165, 1.54) is 5.56 Å². The number of rotatable bonds is 6. The topological polar surface area (TPSA) is 74.4 Å². The summed E-state index contributed by atoms with van der Waals surface area (Å²) in [5.41, 5.74) is 3.71. The highest BCUT2D eigenvalue weighted by atomic mass is 16.5. The lowest BCUT2D eigenvalue weighted by Crippen LogP contribution is -2.46. The van der Waals surface area contributed by atoms with Crippen molar-refractivity contribution >= 4 is 16.6 Å². The molecule has 7 heteroatoms. The molecular formula is C23H25N5O2. The number of fused-ring (bicyclic) bond motifs is 1. The average Bonchev–Trinajstić information content (AvgIpc) is 2.79. The number of ether oxygens (including phenoxy) is 1. The fourth-order valence-corrected chi connectivity index (χ4v) is 3.80. The van der Waals surface area contributed by atoms with Gasteiger partial charge in [-0.1, -0.05) is 12.1 Å². The van der Waals surface area contributed by atoms with Crippen LogP contribution in [0.15, 0.2) is 53.6 Å². The third-order valence-corrected chi connectivity index (χ3v) is 5.57. The lowest BCUT2D eigenvalue weighted by Gasteiger charge is -2.36. The number of nitriles is 1. The van der Waals surface area contributed by atoms with Gasteiger partial charge in [0.15, 0.2) is 0 Å². The Bertz CT molecular complexity index is 1110. The first-order valence-electron chi connectivity index (χ1n) is 10.1. The van der Waals surface area contributed by atoms with Crippen LogP contribution in [0.4, 0.5) is 5.69 Å². The summed E-state index contributed by atoms with van der Waals surface area (Å²) in [7, 11) is 1.62. The molecule has 0 saturated carbocycles. The lowest BCUT2D eigenvalue weighted by molar-refractivity contribution is 0.186. The smallest absolute Gasteiger partial charge is 0.261 e. The normalized spacial score (nSPS) is 14.7. The second-order valence-corrected chi connectivity index (χ2v) is 7.51. The van der Waals surface area contributed by atoms with E-state index in [9.17, 15) is 4.79 Å². The molecule has 2 aromatic carbocycles. The molecule has 1 fully saturated rings. The summed E-state index contributed by atoms with van der Waals surface area (Å²) in [6.45, 7) is 5.65. The SMILES string of the molecule is COCCn1cnc2cc(N3CCN(Cc4ccc(C#N)cc4)CC3)ccc2c1=O. The van der Waals surface area contributed by atoms with Crippen LogP contribution in [0.3, 0.4) is 0 Å². The maximum Gasteiger partial charge on any atom is 0.261 e. The molecule has 7 nitrogen and oxygen atoms in total. The van der Waals surface area contributed by atoms with Crippen molar-refractivity contribution in [3.05, 3.63) is 70.3 Å². The van der Waals surface area contributed by atoms with Crippen molar-refractivity contribution in [2.45, 2.75) is 13.1 Å². The van der Waals surface area contributed by atoms with Gasteiger partial charge in [-0.05, 0) is 35.9 Å². The fourth-order valence-electron chi connectivity index (χ4n) is 3.80. The quantitative estimate of drug-likeness (QED) is 0.628. The number of anilines is 1. The Balaban J connectivity index is 1.41. The summed E-state index contributed by atoms with van der Waals surface area (Å²) in [6.07, 6.45) is 1.60. The van der Waals surface area contributed by atoms with E-state index in [1.54, 1.807) is 18.0 Å². The second-order valence-electron chi connectivity index (χ2n) is 7.51. The summed E-state index contributed by atoms with van der Waals surface area (Å²) in [5, 5.41) is 9.56. The summed E-state index contributed by atoms with van der Waals surface area (Å²) in [6, 6.07) is 15.9. The van der Waals surface area contributed by atoms with Gasteiger partial charge in [-0.15, -0.1) is 0 Å². The molecule has 4 rings (SSSR count). The van der Waals surface area contributed by atoms with Crippen LogP contribution in [0.5, 0.6) is 0 Å². The van der Waals surface area contributed by atoms with Crippen LogP contribution in [0, 0.1) is 11.3 Å². The number of piperazine rings is 1. The van der Waals surface area contributed by atoms with E-state index in [0.29, 0.717) is 24.1 Å². The molecule has 0 bridgehead atoms. The Kier molecular flexibility index (Phi) is 6.07. The Labute approximate surface area is 175 Å². The molecule has 1 aliphatic heterocycles. The molecule has 1 aliphatic rings. The molecule has 30 heavy (non-hydrogen) atoms. The van der Waals surface area contributed by atoms with Gasteiger partial charge in [0.05, 0.1) is 42.0 Å². The molecule has 0 radical (unpaired) electrons. The summed E-state index contributed by atoms with van der Waals surface area (Å²) in [5.74, 6) is 0. The molecule has 0 spiro atoms. The van der Waals surface area contributed by atoms with Gasteiger partial charge >= 0.3 is 0 Å². The first kappa shape index (κ1) is 20.1. The number of methoxy groups -OCH3 is 1. The number of nitrogens with zero attached hydrogens (tertiary/aromatic N) is 5. The molecule has 0 amide bonds. The Morgan fingerprint density at radius 1 is 1.10 bits per heavy atom. The number of hydrogen-bond donors (Lipinski definition) is 0. The summed E-state index contributed by atoms with van der Waals surface area (Å²) in [4.78, 5) is 21.9. The van der Waals surface area contributed by atoms with E-state index in [-0.39, 0.29) is 5.56 Å². The molecule has 0 unspecified atom stereocenters. The van der Waals surface area contributed by atoms with E-state index in [1.807, 2.05) is 42.5 Å². The largest absolute Gasteiger partial charge is 0.383 e. The highest BCUT2D eigenvalue weighted by molar-refractivity contribution is 5.81. The van der Waals surface area contributed by atoms with Gasteiger partial charge in [0.2, 0.25) is 0 Å². The molecule has 0 atom stereocenters. The van der Waals surface area contributed by atoms with Gasteiger partial charge in [0.25, 0.3) is 5.56 Å². The highest BCUT2D eigenvalue weighted by Gasteiger charge is 2.18. The van der Waals surface area contributed by atoms with Crippen molar-refractivity contribution in [2.75, 3.05) is 44.8 Å². The predicted octanol–water partition coefficient (Wildman–Crippen LogP) is 2.24. The van der Waals surface area contributed by atoms with Crippen molar-refractivity contribution in [2.24, 2.45) is 0 Å². The van der Waals surface area contributed by atoms with E-state index in [4.69, 9.17) is 10.00 Å². The van der Waals surface area contributed by atoms with Gasteiger partial charge in [0, 0.05) is 45.5 Å². The molecule has 2 heterocycles. The number of benzene rings is 2. The molecule has 0 aliphatic carbocycles. The van der Waals surface area contributed by atoms with Crippen LogP contribution < -0.4 is 10.5 Å². The zero-order valence-corrected chi connectivity index (χ0v) is 17.1. The molecule has 1 aromatic heterocycles. The van der Waals surface area contributed by atoms with E-state index < -0.39 is 0 Å². The van der Waals surface area contributed by atoms with Crippen LogP contribution in [0.1, 0.15) is 11.1 Å². The van der Waals surface area contributed by atoms with Crippen molar-refractivity contribution in [1.82, 2.24) is 14.5 Å². The van der Waals surface area contributed by atoms with Crippen molar-refractivity contribution in [1.29, 1.82) is 5.26 Å². The van der Waals surface area contributed by atoms with Crippen LogP contribution in [-0.2, 0) is 17.8 Å². The van der Waals surface area contributed by atoms with Gasteiger partial charge in [-0.3, -0.25) is 14.3 Å². The molecular weight excluding hydrogens is 378 g/mol. The highest BCUT2D eigenvalue weighted by Crippen LogP contribution is 2.21. The van der Waals surface area contributed by atoms with Crippen LogP contribution in [-0.4, -0.2) is 54.3 Å². The standard InChI is InChI=1S/C23H25N5O2/c1-30-13-12-28-17-25-22-14-20(6-7-21(22)23(28)29)27-10-8-26(9-11-27)16-19-4-2-18(15-24)3-5-19/h2-7,14,17H,8-13,16H2,1H3. The number of aromatic nitrogens is 2. The minimum Gasteiger partial charge on any atom is -0.383 e. The number of hydrogen-bond acceptors (Lipinski definition) is 6. The Morgan fingerprint density at radius 2 is 1.87 bits per heavy atom. The maximum atomic E-state index is 12.6. The van der Waals surface area contributed by atoms with Crippen LogP contribution in [0.2, 0.25) is 0 Å². The second kappa shape index (κ2) is 9.08. The molecule has 3 aromatic rings. The maximum absolute atomic E-state index is 12.6. The van der Waals surface area contributed by atoms with Gasteiger partial charge in [-0.2, -0.15) is 5.26 Å². The third kappa shape index (κ3) is 4.35. The predicted molar refractivity (Wildman–Crippen MR) is 117 cm³/mol. The van der Waals surface area contributed by atoms with Crippen LogP contribution >= 0.6 is 0 Å². The minimum atomic E-state index is -0.0316. The van der Waals surface area contributed by atoms with E-state index in [2.05, 4.69) is 20.9 Å². The van der Waals surface area contributed by atoms with Gasteiger partial charge in [-0.25, -0.2) is 4.98 Å².